The van der Waals surface area contributed by atoms with Crippen LogP contribution in [0, 0.1) is 5.92 Å². The predicted molar refractivity (Wildman–Crippen MR) is 486 cm³/mol. The van der Waals surface area contributed by atoms with Crippen molar-refractivity contribution in [1.82, 2.24) is 94.2 Å². The molecular weight excluding hydrogens is 1770 g/mol. The number of aromatic amines is 1. The van der Waals surface area contributed by atoms with Crippen molar-refractivity contribution in [2.75, 3.05) is 58.7 Å². The lowest BCUT2D eigenvalue weighted by Gasteiger charge is -2.33. The number of carboxylic acids is 1. The third-order valence-electron chi connectivity index (χ3n) is 21.2. The molecule has 133 heavy (non-hydrogen) atoms. The number of likely N-dealkylation sites (tertiary alicyclic amines) is 2. The fourth-order valence-corrected chi connectivity index (χ4v) is 14.7. The van der Waals surface area contributed by atoms with E-state index in [-0.39, 0.29) is 114 Å². The summed E-state index contributed by atoms with van der Waals surface area (Å²) >= 11 is 8.84. The molecule has 2 aliphatic rings. The lowest BCUT2D eigenvalue weighted by Crippen LogP contribution is -2.64. The second-order valence-corrected chi connectivity index (χ2v) is 34.4. The zero-order valence-electron chi connectivity index (χ0n) is 74.6. The van der Waals surface area contributed by atoms with E-state index >= 15 is 0 Å². The lowest BCUT2D eigenvalue weighted by molar-refractivity contribution is -0.148. The van der Waals surface area contributed by atoms with Gasteiger partial charge in [-0.3, -0.25) is 91.3 Å². The first-order valence-corrected chi connectivity index (χ1v) is 44.0. The van der Waals surface area contributed by atoms with Crippen molar-refractivity contribution in [2.45, 2.75) is 214 Å². The molecular formula is C85H122N24O22S2. The van der Waals surface area contributed by atoms with Crippen molar-refractivity contribution >= 4 is 144 Å². The molecule has 0 bridgehead atoms. The number of aliphatic hydroxyl groups is 1. The van der Waals surface area contributed by atoms with E-state index in [1.807, 2.05) is 0 Å². The molecule has 3 aromatic carbocycles. The molecule has 18 amide bonds. The number of H-pyrrole nitrogens is 1. The number of imidazole rings is 1. The van der Waals surface area contributed by atoms with Crippen LogP contribution in [0.1, 0.15) is 121 Å². The Bertz CT molecular complexity index is 4740. The topological polar surface area (TPSA) is 720 Å². The van der Waals surface area contributed by atoms with Crippen molar-refractivity contribution < 1.29 is 106 Å². The number of carbonyl (C=O) groups is 19. The number of nitrogens with zero attached hydrogens (tertiary/aromatic N) is 4. The van der Waals surface area contributed by atoms with E-state index in [0.29, 0.717) is 34.6 Å². The summed E-state index contributed by atoms with van der Waals surface area (Å²) < 4.78 is 3.85. The Morgan fingerprint density at radius 3 is 1.59 bits per heavy atom. The molecule has 1 aromatic heterocycles. The van der Waals surface area contributed by atoms with Gasteiger partial charge in [0.25, 0.3) is 0 Å². The van der Waals surface area contributed by atoms with Gasteiger partial charge in [0.05, 0.1) is 58.2 Å². The van der Waals surface area contributed by atoms with Crippen LogP contribution in [0.3, 0.4) is 0 Å². The number of hydrogen-bond donors (Lipinski definition) is 24. The average molecular weight is 1900 g/mol. The molecule has 0 radical (unpaired) electrons. The van der Waals surface area contributed by atoms with Gasteiger partial charge in [0.2, 0.25) is 106 Å². The van der Waals surface area contributed by atoms with Crippen LogP contribution in [0.25, 0.3) is 0 Å². The molecule has 0 unspecified atom stereocenters. The first-order chi connectivity index (χ1) is 62.9. The van der Waals surface area contributed by atoms with Crippen LogP contribution in [-0.2, 0) is 117 Å². The second kappa shape index (κ2) is 53.7. The fourth-order valence-electron chi connectivity index (χ4n) is 14.2. The number of aliphatic hydroxyl groups excluding tert-OH is 1. The highest BCUT2D eigenvalue weighted by molar-refractivity contribution is 7.81. The summed E-state index contributed by atoms with van der Waals surface area (Å²) in [5.74, 6) is -18.2. The number of ether oxygens (including phenoxy) is 1. The first-order valence-electron chi connectivity index (χ1n) is 43.0. The number of nitrogens with one attached hydrogen (secondary N) is 15. The SMILES string of the molecule is COc1ccc(C[C@H](NC(=O)[C@H](CC(C)C)NC(=O)CNC(=O)CNC(=O)[C@H](Cc2ccccc2)NC(=O)[C@H](Cc2cnc[nH]2)NC(=O)CNC(=O)[C@@H](NC(=O)[C@@H](NC(=O)[C@H](Cc2ccccc2)NC(=O)[C@H](CCCN=C(N)N)NC(=O)[C@@H](N)CCC(N)=O)C(C)(C)S)[C@@H](C)O)C(=O)N2CCC[C@H]2C(=O)N[C@@H](CS)C(=O)N[C@@H](CC(N)=O)C(=O)NCC(=O)N2CCC[C@H]2C(=O)O)cc1. The van der Waals surface area contributed by atoms with E-state index < -0.39 is 234 Å². The normalized spacial score (nSPS) is 16.1. The van der Waals surface area contributed by atoms with Gasteiger partial charge in [0, 0.05) is 74.1 Å². The summed E-state index contributed by atoms with van der Waals surface area (Å²) in [5, 5.41) is 55.5. The Labute approximate surface area is 777 Å². The van der Waals surface area contributed by atoms with Gasteiger partial charge in [-0.15, -0.1) is 0 Å². The standard InChI is InChI=1S/C85H122N24O22S2/c1-45(2)32-54(75(121)104-59(35-49-23-25-51(131-6)26-24-49)82(128)109-31-14-21-61(109)79(125)105-60(43-132)78(124)103-58(37-64(88)112)73(119)96-42-68(116)108-30-15-22-62(108)83(129)130)98-66(114)40-93-65(113)39-94-72(118)55(33-47-16-9-7-10-17-47)101-76(122)57(36-50-38-91-44-97-50)99-67(115)41-95-80(126)69(46(3)110)106-81(127)70(85(4,5)133)107-77(123)56(34-48-18-11-8-12-19-48)102-74(120)53(20-13-29-92-84(89)90)100-71(117)52(86)27-28-63(87)111/h7-12,16-19,23-26,38,44-46,52-62,69-70,110,132-133H,13-15,20-22,27-37,39-43,86H2,1-6H3,(H2,87,111)(H2,88,112)(H,91,97)(H,93,113)(H,94,118)(H,95,126)(H,96,119)(H,98,114)(H,99,115)(H,100,117)(H,101,122)(H,102,120)(H,103,124)(H,104,121)(H,105,125)(H,106,127)(H,107,123)(H,129,130)(H4,89,90,92)/t46-,52+,53+,54+,55+,56+,57+,58+,59+,60+,61+,62+,69+,70-/m1/s1. The summed E-state index contributed by atoms with van der Waals surface area (Å²) in [6.07, 6.45) is -0.0617. The average Bonchev–Trinajstić information content (AvgIpc) is 1.45. The maximum absolute atomic E-state index is 14.9. The molecule has 14 atom stereocenters. The maximum atomic E-state index is 14.9. The summed E-state index contributed by atoms with van der Waals surface area (Å²) in [6.45, 7) is 4.53. The molecule has 3 heterocycles. The van der Waals surface area contributed by atoms with E-state index in [1.165, 1.54) is 38.4 Å². The Morgan fingerprint density at radius 1 is 0.534 bits per heavy atom. The van der Waals surface area contributed by atoms with Crippen molar-refractivity contribution in [2.24, 2.45) is 39.6 Å². The maximum Gasteiger partial charge on any atom is 0.326 e. The highest BCUT2D eigenvalue weighted by Crippen LogP contribution is 2.24. The third-order valence-corrected chi connectivity index (χ3v) is 21.8. The van der Waals surface area contributed by atoms with E-state index in [1.54, 1.807) is 98.8 Å². The fraction of sp³-hybridized carbons (Fsp3) is 0.518. The van der Waals surface area contributed by atoms with Crippen LogP contribution in [0.5, 0.6) is 5.75 Å². The lowest BCUT2D eigenvalue weighted by atomic mass is 9.99. The van der Waals surface area contributed by atoms with Gasteiger partial charge < -0.3 is 133 Å². The number of aliphatic carboxylic acids is 1. The van der Waals surface area contributed by atoms with Crippen LogP contribution in [0.15, 0.2) is 102 Å². The molecule has 726 valence electrons. The Morgan fingerprint density at radius 2 is 1.03 bits per heavy atom. The van der Waals surface area contributed by atoms with Crippen LogP contribution in [0.2, 0.25) is 0 Å². The number of carbonyl (C=O) groups excluding carboxylic acids is 18. The zero-order valence-corrected chi connectivity index (χ0v) is 76.4. The second-order valence-electron chi connectivity index (χ2n) is 32.9. The smallest absolute Gasteiger partial charge is 0.326 e. The number of aromatic nitrogens is 2. The summed E-state index contributed by atoms with van der Waals surface area (Å²) in [6, 6.07) is 4.22. The van der Waals surface area contributed by atoms with Gasteiger partial charge in [-0.05, 0) is 107 Å². The molecule has 46 nitrogen and oxygen atoms in total. The monoisotopic (exact) mass is 1890 g/mol. The van der Waals surface area contributed by atoms with Crippen molar-refractivity contribution in [1.29, 1.82) is 0 Å². The number of hydrogen-bond acceptors (Lipinski definition) is 26. The quantitative estimate of drug-likeness (QED) is 0.00845. The molecule has 0 saturated carbocycles. The van der Waals surface area contributed by atoms with Crippen molar-refractivity contribution in [3.05, 3.63) is 120 Å². The van der Waals surface area contributed by atoms with Crippen LogP contribution < -0.4 is 108 Å². The largest absolute Gasteiger partial charge is 0.497 e. The molecule has 2 saturated heterocycles. The highest BCUT2D eigenvalue weighted by atomic mass is 32.1. The number of benzene rings is 3. The summed E-state index contributed by atoms with van der Waals surface area (Å²) in [4.78, 5) is 273. The Kier molecular flexibility index (Phi) is 43.7. The molecule has 0 aliphatic carbocycles. The number of amides is 18. The van der Waals surface area contributed by atoms with Gasteiger partial charge in [0.15, 0.2) is 5.96 Å². The van der Waals surface area contributed by atoms with E-state index in [2.05, 4.69) is 115 Å². The summed E-state index contributed by atoms with van der Waals surface area (Å²) in [7, 11) is 1.44. The van der Waals surface area contributed by atoms with Gasteiger partial charge >= 0.3 is 5.97 Å². The highest BCUT2D eigenvalue weighted by Gasteiger charge is 2.44. The number of carboxylic acid groups (broad SMARTS) is 1. The van der Waals surface area contributed by atoms with Gasteiger partial charge in [-0.2, -0.15) is 25.3 Å². The molecule has 4 aromatic rings. The molecule has 48 heteroatoms. The zero-order chi connectivity index (χ0) is 98.3. The van der Waals surface area contributed by atoms with Gasteiger partial charge in [-0.1, -0.05) is 86.6 Å². The minimum Gasteiger partial charge on any atom is -0.497 e. The van der Waals surface area contributed by atoms with Crippen molar-refractivity contribution in [3.8, 4) is 5.75 Å². The minimum absolute atomic E-state index is 0.00828. The number of primary amides is 2. The number of rotatable bonds is 54. The Hall–Kier alpha value is -13.5. The van der Waals surface area contributed by atoms with E-state index in [0.717, 1.165) is 11.8 Å². The van der Waals surface area contributed by atoms with Gasteiger partial charge in [0.1, 0.15) is 78.3 Å². The number of nitrogens with two attached hydrogens (primary N) is 5. The van der Waals surface area contributed by atoms with E-state index in [9.17, 15) is 101 Å². The van der Waals surface area contributed by atoms with Crippen LogP contribution in [-0.4, -0.2) is 296 Å². The van der Waals surface area contributed by atoms with Gasteiger partial charge in [-0.25, -0.2) is 9.78 Å². The third kappa shape index (κ3) is 36.6. The first kappa shape index (κ1) is 108. The van der Waals surface area contributed by atoms with Crippen LogP contribution >= 0.6 is 25.3 Å². The molecule has 27 N–H and O–H groups in total. The number of aliphatic imine (C=N–C) groups is 1. The number of methoxy groups -OCH3 is 1. The summed E-state index contributed by atoms with van der Waals surface area (Å²) in [5.41, 5.74) is 29.6. The predicted octanol–water partition coefficient (Wildman–Crippen LogP) is -7.34. The minimum atomic E-state index is -1.85. The van der Waals surface area contributed by atoms with Crippen molar-refractivity contribution in [3.63, 3.8) is 0 Å². The molecule has 2 fully saturated rings. The number of guanidine groups is 1. The molecule has 0 spiro atoms. The Balaban J connectivity index is 1.09. The van der Waals surface area contributed by atoms with Crippen LogP contribution in [0.4, 0.5) is 0 Å². The van der Waals surface area contributed by atoms with E-state index in [4.69, 9.17) is 33.4 Å². The number of thiol groups is 2. The molecule has 2 aliphatic heterocycles. The molecule has 6 rings (SSSR count).